The van der Waals surface area contributed by atoms with E-state index in [1.165, 1.54) is 11.1 Å². The number of carbonyl (C=O) groups is 2. The third-order valence-electron chi connectivity index (χ3n) is 8.14. The second-order valence-corrected chi connectivity index (χ2v) is 10.6. The van der Waals surface area contributed by atoms with Crippen molar-refractivity contribution in [3.8, 4) is 11.3 Å². The largest absolute Gasteiger partial charge is 0.462 e. The van der Waals surface area contributed by atoms with E-state index in [-0.39, 0.29) is 36.4 Å². The maximum Gasteiger partial charge on any atom is 0.310 e. The van der Waals surface area contributed by atoms with Gasteiger partial charge in [0.25, 0.3) is 0 Å². The van der Waals surface area contributed by atoms with E-state index < -0.39 is 0 Å². The van der Waals surface area contributed by atoms with Crippen LogP contribution in [-0.2, 0) is 27.2 Å². The SMILES string of the molecule is O=C(Cc1ccccc1)OC(CC1c2ccccc2-c2cncn21)C1CCN(C(=O)Cc2ccccc2)CC1. The van der Waals surface area contributed by atoms with Crippen LogP contribution in [0, 0.1) is 5.92 Å². The summed E-state index contributed by atoms with van der Waals surface area (Å²) in [5, 5.41) is 0. The lowest BCUT2D eigenvalue weighted by Gasteiger charge is -2.37. The molecular weight excluding hydrogens is 486 g/mol. The molecule has 0 saturated carbocycles. The Kier molecular flexibility index (Phi) is 7.26. The molecule has 4 aromatic rings. The molecule has 3 aromatic carbocycles. The zero-order chi connectivity index (χ0) is 26.6. The maximum atomic E-state index is 13.2. The highest BCUT2D eigenvalue weighted by Crippen LogP contribution is 2.43. The number of aromatic nitrogens is 2. The number of amides is 1. The fraction of sp³-hybridized carbons (Fsp3) is 0.303. The van der Waals surface area contributed by atoms with Crippen molar-refractivity contribution in [2.75, 3.05) is 13.1 Å². The lowest BCUT2D eigenvalue weighted by molar-refractivity contribution is -0.153. The first-order valence-corrected chi connectivity index (χ1v) is 13.8. The van der Waals surface area contributed by atoms with Gasteiger partial charge in [-0.3, -0.25) is 9.59 Å². The third kappa shape index (κ3) is 5.51. The van der Waals surface area contributed by atoms with Gasteiger partial charge in [0.15, 0.2) is 0 Å². The van der Waals surface area contributed by atoms with E-state index in [1.54, 1.807) is 0 Å². The molecule has 0 N–H and O–H groups in total. The molecule has 0 spiro atoms. The quantitative estimate of drug-likeness (QED) is 0.289. The first-order valence-electron chi connectivity index (χ1n) is 13.8. The van der Waals surface area contributed by atoms with Crippen LogP contribution >= 0.6 is 0 Å². The Morgan fingerprint density at radius 3 is 2.21 bits per heavy atom. The average Bonchev–Trinajstić information content (AvgIpc) is 3.56. The summed E-state index contributed by atoms with van der Waals surface area (Å²) in [7, 11) is 0. The van der Waals surface area contributed by atoms with Crippen molar-refractivity contribution in [3.05, 3.63) is 114 Å². The van der Waals surface area contributed by atoms with Crippen LogP contribution in [0.5, 0.6) is 0 Å². The van der Waals surface area contributed by atoms with Crippen molar-refractivity contribution in [1.82, 2.24) is 14.5 Å². The molecule has 0 aliphatic carbocycles. The minimum atomic E-state index is -0.251. The topological polar surface area (TPSA) is 64.4 Å². The molecule has 6 nitrogen and oxygen atoms in total. The normalized spacial score (nSPS) is 17.3. The molecule has 0 bridgehead atoms. The van der Waals surface area contributed by atoms with Crippen LogP contribution in [0.2, 0.25) is 0 Å². The molecule has 1 aromatic heterocycles. The van der Waals surface area contributed by atoms with Gasteiger partial charge in [-0.15, -0.1) is 0 Å². The summed E-state index contributed by atoms with van der Waals surface area (Å²) in [5.74, 6) is 0.140. The highest BCUT2D eigenvalue weighted by Gasteiger charge is 2.36. The van der Waals surface area contributed by atoms with Gasteiger partial charge in [0, 0.05) is 25.1 Å². The van der Waals surface area contributed by atoms with Crippen molar-refractivity contribution in [2.24, 2.45) is 5.92 Å². The Morgan fingerprint density at radius 1 is 0.846 bits per heavy atom. The number of nitrogens with zero attached hydrogens (tertiary/aromatic N) is 3. The van der Waals surface area contributed by atoms with Crippen molar-refractivity contribution < 1.29 is 14.3 Å². The summed E-state index contributed by atoms with van der Waals surface area (Å²) >= 11 is 0. The van der Waals surface area contributed by atoms with Crippen molar-refractivity contribution in [1.29, 1.82) is 0 Å². The van der Waals surface area contributed by atoms with E-state index in [9.17, 15) is 9.59 Å². The zero-order valence-corrected chi connectivity index (χ0v) is 22.0. The molecule has 2 unspecified atom stereocenters. The fourth-order valence-corrected chi connectivity index (χ4v) is 6.11. The van der Waals surface area contributed by atoms with Gasteiger partial charge < -0.3 is 14.2 Å². The third-order valence-corrected chi connectivity index (χ3v) is 8.14. The maximum absolute atomic E-state index is 13.2. The van der Waals surface area contributed by atoms with Crippen molar-refractivity contribution in [2.45, 2.75) is 44.2 Å². The second kappa shape index (κ2) is 11.3. The van der Waals surface area contributed by atoms with Crippen molar-refractivity contribution >= 4 is 11.9 Å². The van der Waals surface area contributed by atoms with Crippen molar-refractivity contribution in [3.63, 3.8) is 0 Å². The standard InChI is InChI=1S/C33H33N3O3/c37-32(19-24-9-3-1-4-10-24)35-17-15-26(16-18-35)31(39-33(38)20-25-11-5-2-6-12-25)21-29-27-13-7-8-14-28(27)30-22-34-23-36(29)30/h1-14,22-23,26,29,31H,15-21H2. The molecule has 2 atom stereocenters. The van der Waals surface area contributed by atoms with Crippen LogP contribution in [0.1, 0.15) is 42.0 Å². The van der Waals surface area contributed by atoms with E-state index in [4.69, 9.17) is 4.74 Å². The van der Waals surface area contributed by atoms with Crippen LogP contribution in [-0.4, -0.2) is 45.5 Å². The van der Waals surface area contributed by atoms with Crippen LogP contribution in [0.25, 0.3) is 11.3 Å². The summed E-state index contributed by atoms with van der Waals surface area (Å²) < 4.78 is 8.49. The summed E-state index contributed by atoms with van der Waals surface area (Å²) in [6.07, 6.45) is 6.53. The molecule has 2 aliphatic rings. The van der Waals surface area contributed by atoms with Gasteiger partial charge in [-0.1, -0.05) is 84.9 Å². The lowest BCUT2D eigenvalue weighted by Crippen LogP contribution is -2.43. The number of piperidine rings is 1. The lowest BCUT2D eigenvalue weighted by atomic mass is 9.86. The van der Waals surface area contributed by atoms with Gasteiger partial charge in [0.2, 0.25) is 5.91 Å². The molecule has 1 saturated heterocycles. The molecule has 1 fully saturated rings. The predicted molar refractivity (Wildman–Crippen MR) is 150 cm³/mol. The van der Waals surface area contributed by atoms with Gasteiger partial charge in [-0.25, -0.2) is 4.98 Å². The smallest absolute Gasteiger partial charge is 0.310 e. The highest BCUT2D eigenvalue weighted by atomic mass is 16.5. The van der Waals surface area contributed by atoms with E-state index in [0.29, 0.717) is 25.9 Å². The Hall–Kier alpha value is -4.19. The van der Waals surface area contributed by atoms with E-state index in [1.807, 2.05) is 78.1 Å². The van der Waals surface area contributed by atoms with Gasteiger partial charge >= 0.3 is 5.97 Å². The van der Waals surface area contributed by atoms with Crippen LogP contribution in [0.4, 0.5) is 0 Å². The average molecular weight is 520 g/mol. The van der Waals surface area contributed by atoms with Gasteiger partial charge in [0.1, 0.15) is 6.10 Å². The van der Waals surface area contributed by atoms with Gasteiger partial charge in [-0.05, 0) is 35.4 Å². The van der Waals surface area contributed by atoms with E-state index in [2.05, 4.69) is 33.8 Å². The zero-order valence-electron chi connectivity index (χ0n) is 22.0. The molecule has 6 heteroatoms. The molecule has 3 heterocycles. The minimum Gasteiger partial charge on any atom is -0.462 e. The number of fused-ring (bicyclic) bond motifs is 3. The first-order chi connectivity index (χ1) is 19.2. The number of carbonyl (C=O) groups excluding carboxylic acids is 2. The number of imidazole rings is 1. The predicted octanol–water partition coefficient (Wildman–Crippen LogP) is 5.48. The van der Waals surface area contributed by atoms with Crippen LogP contribution in [0.3, 0.4) is 0 Å². The minimum absolute atomic E-state index is 0.0611. The first kappa shape index (κ1) is 25.1. The molecule has 6 rings (SSSR count). The molecule has 0 radical (unpaired) electrons. The molecule has 198 valence electrons. The highest BCUT2D eigenvalue weighted by molar-refractivity contribution is 5.79. The van der Waals surface area contributed by atoms with Crippen LogP contribution < -0.4 is 0 Å². The number of likely N-dealkylation sites (tertiary alicyclic amines) is 1. The number of hydrogen-bond donors (Lipinski definition) is 0. The number of rotatable bonds is 8. The Bertz CT molecular complexity index is 1420. The number of ether oxygens (including phenoxy) is 1. The summed E-state index contributed by atoms with van der Waals surface area (Å²) in [6.45, 7) is 1.36. The Labute approximate surface area is 229 Å². The fourth-order valence-electron chi connectivity index (χ4n) is 6.11. The Balaban J connectivity index is 1.18. The van der Waals surface area contributed by atoms with E-state index in [0.717, 1.165) is 29.7 Å². The molecule has 1 amide bonds. The van der Waals surface area contributed by atoms with Gasteiger partial charge in [0.05, 0.1) is 37.1 Å². The molecular formula is C33H33N3O3. The number of benzene rings is 3. The summed E-state index contributed by atoms with van der Waals surface area (Å²) in [5.41, 5.74) is 5.52. The summed E-state index contributed by atoms with van der Waals surface area (Å²) in [6, 6.07) is 28.1. The molecule has 2 aliphatic heterocycles. The summed E-state index contributed by atoms with van der Waals surface area (Å²) in [4.78, 5) is 32.5. The van der Waals surface area contributed by atoms with E-state index >= 15 is 0 Å². The van der Waals surface area contributed by atoms with Crippen LogP contribution in [0.15, 0.2) is 97.5 Å². The van der Waals surface area contributed by atoms with Gasteiger partial charge in [-0.2, -0.15) is 0 Å². The molecule has 39 heavy (non-hydrogen) atoms. The monoisotopic (exact) mass is 519 g/mol. The second-order valence-electron chi connectivity index (χ2n) is 10.6. The Morgan fingerprint density at radius 2 is 1.49 bits per heavy atom. The number of hydrogen-bond acceptors (Lipinski definition) is 4. The number of esters is 1.